The first-order valence-electron chi connectivity index (χ1n) is 9.20. The first-order valence-corrected chi connectivity index (χ1v) is 10.5. The van der Waals surface area contributed by atoms with Crippen molar-refractivity contribution in [3.05, 3.63) is 22.7 Å². The molecule has 10 heteroatoms. The van der Waals surface area contributed by atoms with Crippen LogP contribution in [0.1, 0.15) is 39.2 Å². The Morgan fingerprint density at radius 1 is 1.36 bits per heavy atom. The predicted octanol–water partition coefficient (Wildman–Crippen LogP) is 3.22. The van der Waals surface area contributed by atoms with Crippen LogP contribution in [0.3, 0.4) is 0 Å². The lowest BCUT2D eigenvalue weighted by Gasteiger charge is -2.32. The van der Waals surface area contributed by atoms with Crippen LogP contribution >= 0.6 is 23.4 Å². The molecule has 2 N–H and O–H groups in total. The van der Waals surface area contributed by atoms with Crippen LogP contribution in [-0.2, 0) is 16.0 Å². The van der Waals surface area contributed by atoms with E-state index in [0.29, 0.717) is 48.7 Å². The molecule has 2 amide bonds. The molecule has 2 aliphatic rings. The predicted molar refractivity (Wildman–Crippen MR) is 111 cm³/mol. The Morgan fingerprint density at radius 3 is 2.68 bits per heavy atom. The number of benzene rings is 1. The molecule has 2 aliphatic heterocycles. The average molecular weight is 427 g/mol. The molecule has 1 aromatic carbocycles. The highest BCUT2D eigenvalue weighted by Crippen LogP contribution is 2.29. The number of carbonyl (C=O) groups is 2. The summed E-state index contributed by atoms with van der Waals surface area (Å²) >= 11 is 7.52. The van der Waals surface area contributed by atoms with Gasteiger partial charge in [-0.2, -0.15) is 0 Å². The van der Waals surface area contributed by atoms with E-state index >= 15 is 0 Å². The van der Waals surface area contributed by atoms with Crippen LogP contribution in [0.2, 0.25) is 5.02 Å². The SMILES string of the molecule is CC(C)(C)OC(=O)N1CCC(SC(=O)Nc2ccc3c(c2Cl)B(O)OC3)CC1. The van der Waals surface area contributed by atoms with Crippen molar-refractivity contribution in [1.29, 1.82) is 0 Å². The lowest BCUT2D eigenvalue weighted by atomic mass is 9.79. The minimum atomic E-state index is -1.07. The van der Waals surface area contributed by atoms with Gasteiger partial charge in [0.2, 0.25) is 0 Å². The Morgan fingerprint density at radius 2 is 2.04 bits per heavy atom. The lowest BCUT2D eigenvalue weighted by Crippen LogP contribution is -2.42. The van der Waals surface area contributed by atoms with Gasteiger partial charge in [0.25, 0.3) is 5.24 Å². The Balaban J connectivity index is 1.51. The molecule has 7 nitrogen and oxygen atoms in total. The number of hydrogen-bond acceptors (Lipinski definition) is 6. The van der Waals surface area contributed by atoms with Gasteiger partial charge < -0.3 is 24.6 Å². The largest absolute Gasteiger partial charge is 0.493 e. The molecule has 1 aromatic rings. The number of rotatable bonds is 2. The Hall–Kier alpha value is -1.42. The number of hydrogen-bond donors (Lipinski definition) is 2. The summed E-state index contributed by atoms with van der Waals surface area (Å²) in [4.78, 5) is 26.2. The number of anilines is 1. The third-order valence-electron chi connectivity index (χ3n) is 4.52. The Labute approximate surface area is 174 Å². The quantitative estimate of drug-likeness (QED) is 0.706. The fraction of sp³-hybridized carbons (Fsp3) is 0.556. The van der Waals surface area contributed by atoms with Gasteiger partial charge >= 0.3 is 13.2 Å². The maximum absolute atomic E-state index is 12.4. The Bertz CT molecular complexity index is 765. The van der Waals surface area contributed by atoms with Crippen molar-refractivity contribution >= 4 is 53.0 Å². The van der Waals surface area contributed by atoms with Crippen LogP contribution in [0.5, 0.6) is 0 Å². The zero-order valence-corrected chi connectivity index (χ0v) is 17.7. The molecular weight excluding hydrogens is 403 g/mol. The van der Waals surface area contributed by atoms with Gasteiger partial charge in [-0.05, 0) is 45.2 Å². The number of halogens is 1. The zero-order valence-electron chi connectivity index (χ0n) is 16.2. The van der Waals surface area contributed by atoms with Gasteiger partial charge in [0, 0.05) is 23.8 Å². The van der Waals surface area contributed by atoms with Crippen molar-refractivity contribution in [3.63, 3.8) is 0 Å². The molecule has 0 aliphatic carbocycles. The minimum Gasteiger partial charge on any atom is -0.444 e. The van der Waals surface area contributed by atoms with Gasteiger partial charge in [0.15, 0.2) is 0 Å². The van der Waals surface area contributed by atoms with Crippen LogP contribution in [0.25, 0.3) is 0 Å². The van der Waals surface area contributed by atoms with Crippen molar-refractivity contribution in [2.75, 3.05) is 18.4 Å². The Kier molecular flexibility index (Phi) is 6.49. The van der Waals surface area contributed by atoms with Gasteiger partial charge in [-0.25, -0.2) is 4.79 Å². The van der Waals surface area contributed by atoms with Crippen LogP contribution in [0, 0.1) is 0 Å². The highest BCUT2D eigenvalue weighted by atomic mass is 35.5. The number of nitrogens with zero attached hydrogens (tertiary/aromatic N) is 1. The van der Waals surface area contributed by atoms with E-state index in [1.807, 2.05) is 20.8 Å². The molecule has 3 rings (SSSR count). The van der Waals surface area contributed by atoms with E-state index in [9.17, 15) is 14.6 Å². The van der Waals surface area contributed by atoms with Gasteiger partial charge in [-0.15, -0.1) is 0 Å². The lowest BCUT2D eigenvalue weighted by molar-refractivity contribution is 0.0219. The van der Waals surface area contributed by atoms with E-state index in [-0.39, 0.29) is 16.6 Å². The first-order chi connectivity index (χ1) is 13.1. The number of ether oxygens (including phenoxy) is 1. The number of likely N-dealkylation sites (tertiary alicyclic amines) is 1. The molecule has 28 heavy (non-hydrogen) atoms. The monoisotopic (exact) mass is 426 g/mol. The second-order valence-corrected chi connectivity index (χ2v) is 9.51. The molecule has 0 unspecified atom stereocenters. The van der Waals surface area contributed by atoms with Gasteiger partial charge in [0.1, 0.15) is 5.60 Å². The number of amides is 2. The fourth-order valence-corrected chi connectivity index (χ4v) is 4.39. The van der Waals surface area contributed by atoms with Crippen molar-refractivity contribution < 1.29 is 24.0 Å². The molecule has 0 saturated carbocycles. The van der Waals surface area contributed by atoms with Crippen molar-refractivity contribution in [2.45, 2.75) is 51.1 Å². The van der Waals surface area contributed by atoms with Crippen LogP contribution in [0.4, 0.5) is 15.3 Å². The molecule has 0 bridgehead atoms. The zero-order chi connectivity index (χ0) is 20.5. The summed E-state index contributed by atoms with van der Waals surface area (Å²) in [6.07, 6.45) is 1.11. The maximum Gasteiger partial charge on any atom is 0.493 e. The third kappa shape index (κ3) is 5.14. The third-order valence-corrected chi connectivity index (χ3v) is 6.05. The van der Waals surface area contributed by atoms with Gasteiger partial charge in [0.05, 0.1) is 17.3 Å². The van der Waals surface area contributed by atoms with E-state index in [2.05, 4.69) is 5.32 Å². The summed E-state index contributed by atoms with van der Waals surface area (Å²) < 4.78 is 10.5. The summed E-state index contributed by atoms with van der Waals surface area (Å²) in [5.41, 5.74) is 1.26. The van der Waals surface area contributed by atoms with E-state index < -0.39 is 12.7 Å². The number of piperidine rings is 1. The molecule has 0 aromatic heterocycles. The molecule has 152 valence electrons. The number of nitrogens with one attached hydrogen (secondary N) is 1. The molecule has 2 heterocycles. The summed E-state index contributed by atoms with van der Waals surface area (Å²) in [5.74, 6) is 0. The van der Waals surface area contributed by atoms with E-state index in [4.69, 9.17) is 21.0 Å². The maximum atomic E-state index is 12.4. The summed E-state index contributed by atoms with van der Waals surface area (Å²) in [7, 11) is -1.07. The molecule has 0 atom stereocenters. The first kappa shape index (κ1) is 21.3. The highest BCUT2D eigenvalue weighted by Gasteiger charge is 2.32. The molecule has 0 spiro atoms. The minimum absolute atomic E-state index is 0.112. The summed E-state index contributed by atoms with van der Waals surface area (Å²) in [6.45, 7) is 6.94. The molecular formula is C18H24BClN2O5S. The summed E-state index contributed by atoms with van der Waals surface area (Å²) in [6, 6.07) is 3.50. The standard InChI is InChI=1S/C18H24BClN2O5S/c1-18(2,3)27-17(24)22-8-6-12(7-9-22)28-16(23)21-13-5-4-11-10-26-19(25)14(11)15(13)20/h4-5,12,25H,6-10H2,1-3H3,(H,21,23). The van der Waals surface area contributed by atoms with Crippen molar-refractivity contribution in [3.8, 4) is 0 Å². The highest BCUT2D eigenvalue weighted by molar-refractivity contribution is 8.14. The normalized spacial score (nSPS) is 17.5. The van der Waals surface area contributed by atoms with E-state index in [1.54, 1.807) is 17.0 Å². The summed E-state index contributed by atoms with van der Waals surface area (Å²) in [5, 5.41) is 12.8. The second kappa shape index (κ2) is 8.53. The van der Waals surface area contributed by atoms with Gasteiger partial charge in [-0.3, -0.25) is 4.79 Å². The smallest absolute Gasteiger partial charge is 0.444 e. The van der Waals surface area contributed by atoms with E-state index in [1.165, 1.54) is 11.8 Å². The van der Waals surface area contributed by atoms with Crippen LogP contribution in [0.15, 0.2) is 12.1 Å². The van der Waals surface area contributed by atoms with Crippen molar-refractivity contribution in [1.82, 2.24) is 4.90 Å². The van der Waals surface area contributed by atoms with Crippen LogP contribution in [-0.4, -0.2) is 52.3 Å². The van der Waals surface area contributed by atoms with E-state index in [0.717, 1.165) is 5.56 Å². The molecule has 0 radical (unpaired) electrons. The van der Waals surface area contributed by atoms with Gasteiger partial charge in [-0.1, -0.05) is 29.4 Å². The second-order valence-electron chi connectivity index (χ2n) is 7.86. The molecule has 1 saturated heterocycles. The number of thioether (sulfide) groups is 1. The number of carbonyl (C=O) groups excluding carboxylic acids is 2. The van der Waals surface area contributed by atoms with Crippen LogP contribution < -0.4 is 10.8 Å². The number of fused-ring (bicyclic) bond motifs is 1. The fourth-order valence-electron chi connectivity index (χ4n) is 3.15. The van der Waals surface area contributed by atoms with Crippen molar-refractivity contribution in [2.24, 2.45) is 0 Å². The topological polar surface area (TPSA) is 88.1 Å². The molecule has 1 fully saturated rings. The average Bonchev–Trinajstić information content (AvgIpc) is 2.98.